The monoisotopic (exact) mass is 300 g/mol. The van der Waals surface area contributed by atoms with Gasteiger partial charge >= 0.3 is 6.03 Å². The van der Waals surface area contributed by atoms with E-state index in [2.05, 4.69) is 10.6 Å². The van der Waals surface area contributed by atoms with Crippen LogP contribution in [-0.4, -0.2) is 38.5 Å². The molecule has 7 heteroatoms. The number of rotatable bonds is 6. The fraction of sp³-hybridized carbons (Fsp3) is 0.462. The van der Waals surface area contributed by atoms with E-state index in [4.69, 9.17) is 5.11 Å². The van der Waals surface area contributed by atoms with E-state index < -0.39 is 9.84 Å². The van der Waals surface area contributed by atoms with Crippen LogP contribution in [0.15, 0.2) is 29.2 Å². The van der Waals surface area contributed by atoms with Gasteiger partial charge in [-0.2, -0.15) is 0 Å². The Morgan fingerprint density at radius 3 is 2.35 bits per heavy atom. The molecule has 0 aliphatic carbocycles. The lowest BCUT2D eigenvalue weighted by molar-refractivity contribution is 0.237. The van der Waals surface area contributed by atoms with E-state index in [0.29, 0.717) is 12.1 Å². The lowest BCUT2D eigenvalue weighted by Crippen LogP contribution is -2.38. The van der Waals surface area contributed by atoms with E-state index in [1.165, 1.54) is 24.3 Å². The molecule has 20 heavy (non-hydrogen) atoms. The molecule has 1 atom stereocenters. The van der Waals surface area contributed by atoms with Gasteiger partial charge in [-0.25, -0.2) is 13.2 Å². The van der Waals surface area contributed by atoms with Gasteiger partial charge in [-0.3, -0.25) is 0 Å². The molecule has 0 fully saturated rings. The van der Waals surface area contributed by atoms with Crippen molar-refractivity contribution < 1.29 is 18.3 Å². The number of aliphatic hydroxyl groups is 1. The second kappa shape index (κ2) is 7.25. The van der Waals surface area contributed by atoms with Crippen molar-refractivity contribution in [3.63, 3.8) is 0 Å². The minimum atomic E-state index is -3.23. The molecule has 1 aromatic carbocycles. The van der Waals surface area contributed by atoms with Crippen LogP contribution in [-0.2, 0) is 9.84 Å². The van der Waals surface area contributed by atoms with Gasteiger partial charge in [-0.05, 0) is 37.1 Å². The number of aliphatic hydroxyl groups excluding tert-OH is 1. The van der Waals surface area contributed by atoms with Crippen LogP contribution in [0.1, 0.15) is 19.8 Å². The topological polar surface area (TPSA) is 95.5 Å². The molecule has 0 saturated carbocycles. The Morgan fingerprint density at radius 1 is 1.30 bits per heavy atom. The third kappa shape index (κ3) is 5.18. The zero-order chi connectivity index (χ0) is 15.2. The van der Waals surface area contributed by atoms with Gasteiger partial charge in [0.15, 0.2) is 9.84 Å². The van der Waals surface area contributed by atoms with Crippen molar-refractivity contribution >= 4 is 21.6 Å². The number of sulfone groups is 1. The average Bonchev–Trinajstić information content (AvgIpc) is 2.37. The molecule has 0 aliphatic heterocycles. The van der Waals surface area contributed by atoms with Crippen LogP contribution in [0.2, 0.25) is 0 Å². The van der Waals surface area contributed by atoms with Crippen molar-refractivity contribution in [3.05, 3.63) is 24.3 Å². The van der Waals surface area contributed by atoms with Crippen LogP contribution < -0.4 is 10.6 Å². The molecule has 0 radical (unpaired) electrons. The predicted octanol–water partition coefficient (Wildman–Crippen LogP) is 1.37. The van der Waals surface area contributed by atoms with Crippen LogP contribution in [0, 0.1) is 0 Å². The fourth-order valence-corrected chi connectivity index (χ4v) is 2.30. The number of amides is 2. The maximum absolute atomic E-state index is 11.7. The number of benzene rings is 1. The number of urea groups is 1. The van der Waals surface area contributed by atoms with Crippen molar-refractivity contribution in [1.29, 1.82) is 0 Å². The first-order valence-electron chi connectivity index (χ1n) is 6.35. The van der Waals surface area contributed by atoms with Gasteiger partial charge in [-0.15, -0.1) is 0 Å². The maximum atomic E-state index is 11.7. The first-order chi connectivity index (χ1) is 9.36. The normalized spacial score (nSPS) is 12.8. The second-order valence-corrected chi connectivity index (χ2v) is 6.53. The van der Waals surface area contributed by atoms with Crippen LogP contribution in [0.3, 0.4) is 0 Å². The van der Waals surface area contributed by atoms with Gasteiger partial charge in [0.05, 0.1) is 4.90 Å². The molecule has 3 N–H and O–H groups in total. The molecule has 0 bridgehead atoms. The van der Waals surface area contributed by atoms with Crippen molar-refractivity contribution in [2.45, 2.75) is 30.7 Å². The fourth-order valence-electron chi connectivity index (χ4n) is 1.67. The summed E-state index contributed by atoms with van der Waals surface area (Å²) in [4.78, 5) is 11.9. The van der Waals surface area contributed by atoms with Crippen LogP contribution >= 0.6 is 0 Å². The maximum Gasteiger partial charge on any atom is 0.319 e. The SMILES string of the molecule is CCC(CCO)NC(=O)Nc1ccc(S(C)(=O)=O)cc1. The summed E-state index contributed by atoms with van der Waals surface area (Å²) in [7, 11) is -3.23. The largest absolute Gasteiger partial charge is 0.396 e. The minimum absolute atomic E-state index is 0.0157. The molecule has 0 aliphatic rings. The quantitative estimate of drug-likeness (QED) is 0.739. The number of anilines is 1. The second-order valence-electron chi connectivity index (χ2n) is 4.51. The summed E-state index contributed by atoms with van der Waals surface area (Å²) in [5.41, 5.74) is 0.508. The molecule has 1 unspecified atom stereocenters. The lowest BCUT2D eigenvalue weighted by atomic mass is 10.2. The van der Waals surface area contributed by atoms with Gasteiger partial charge in [0, 0.05) is 24.6 Å². The number of carbonyl (C=O) groups excluding carboxylic acids is 1. The number of nitrogens with one attached hydrogen (secondary N) is 2. The number of hydrogen-bond acceptors (Lipinski definition) is 4. The summed E-state index contributed by atoms with van der Waals surface area (Å²) < 4.78 is 22.6. The smallest absolute Gasteiger partial charge is 0.319 e. The Labute approximate surface area is 119 Å². The summed E-state index contributed by atoms with van der Waals surface area (Å²) in [5.74, 6) is 0. The van der Waals surface area contributed by atoms with Crippen LogP contribution in [0.5, 0.6) is 0 Å². The third-order valence-electron chi connectivity index (χ3n) is 2.85. The van der Waals surface area contributed by atoms with Gasteiger partial charge in [-0.1, -0.05) is 6.92 Å². The first-order valence-corrected chi connectivity index (χ1v) is 8.24. The Bertz CT molecular complexity index is 540. The summed E-state index contributed by atoms with van der Waals surface area (Å²) in [6.45, 7) is 1.93. The zero-order valence-electron chi connectivity index (χ0n) is 11.6. The molecular weight excluding hydrogens is 280 g/mol. The predicted molar refractivity (Wildman–Crippen MR) is 77.5 cm³/mol. The Hall–Kier alpha value is -1.60. The number of hydrogen-bond donors (Lipinski definition) is 3. The van der Waals surface area contributed by atoms with Crippen molar-refractivity contribution in [2.75, 3.05) is 18.2 Å². The highest BCUT2D eigenvalue weighted by Gasteiger charge is 2.10. The Morgan fingerprint density at radius 2 is 1.90 bits per heavy atom. The molecule has 112 valence electrons. The van der Waals surface area contributed by atoms with E-state index in [0.717, 1.165) is 12.7 Å². The molecule has 2 amide bonds. The highest BCUT2D eigenvalue weighted by atomic mass is 32.2. The van der Waals surface area contributed by atoms with Crippen molar-refractivity contribution in [2.24, 2.45) is 0 Å². The molecule has 0 heterocycles. The molecule has 1 aromatic rings. The Kier molecular flexibility index (Phi) is 5.97. The third-order valence-corrected chi connectivity index (χ3v) is 3.97. The standard InChI is InChI=1S/C13H20N2O4S/c1-3-10(8-9-16)14-13(17)15-11-4-6-12(7-5-11)20(2,18)19/h4-7,10,16H,3,8-9H2,1-2H3,(H2,14,15,17). The van der Waals surface area contributed by atoms with Gasteiger partial charge < -0.3 is 15.7 Å². The first kappa shape index (κ1) is 16.5. The van der Waals surface area contributed by atoms with Gasteiger partial charge in [0.2, 0.25) is 0 Å². The highest BCUT2D eigenvalue weighted by Crippen LogP contribution is 2.13. The highest BCUT2D eigenvalue weighted by molar-refractivity contribution is 7.90. The lowest BCUT2D eigenvalue weighted by Gasteiger charge is -2.16. The van der Waals surface area contributed by atoms with E-state index in [-0.39, 0.29) is 23.6 Å². The molecule has 0 aromatic heterocycles. The van der Waals surface area contributed by atoms with Gasteiger partial charge in [0.25, 0.3) is 0 Å². The van der Waals surface area contributed by atoms with Crippen LogP contribution in [0.4, 0.5) is 10.5 Å². The van der Waals surface area contributed by atoms with E-state index in [9.17, 15) is 13.2 Å². The molecule has 0 spiro atoms. The summed E-state index contributed by atoms with van der Waals surface area (Å²) in [6, 6.07) is 5.48. The average molecular weight is 300 g/mol. The van der Waals surface area contributed by atoms with E-state index in [1.807, 2.05) is 6.92 Å². The summed E-state index contributed by atoms with van der Waals surface area (Å²) >= 11 is 0. The molecule has 0 saturated heterocycles. The zero-order valence-corrected chi connectivity index (χ0v) is 12.4. The Balaban J connectivity index is 2.62. The molecular formula is C13H20N2O4S. The van der Waals surface area contributed by atoms with E-state index >= 15 is 0 Å². The summed E-state index contributed by atoms with van der Waals surface area (Å²) in [6.07, 6.45) is 2.35. The van der Waals surface area contributed by atoms with Gasteiger partial charge in [0.1, 0.15) is 0 Å². The van der Waals surface area contributed by atoms with Crippen molar-refractivity contribution in [1.82, 2.24) is 5.32 Å². The van der Waals surface area contributed by atoms with Crippen molar-refractivity contribution in [3.8, 4) is 0 Å². The molecule has 1 rings (SSSR count). The van der Waals surface area contributed by atoms with E-state index in [1.54, 1.807) is 0 Å². The molecule has 6 nitrogen and oxygen atoms in total. The minimum Gasteiger partial charge on any atom is -0.396 e. The summed E-state index contributed by atoms with van der Waals surface area (Å²) in [5, 5.41) is 14.2. The van der Waals surface area contributed by atoms with Crippen LogP contribution in [0.25, 0.3) is 0 Å². The number of carbonyl (C=O) groups is 1.